The van der Waals surface area contributed by atoms with Gasteiger partial charge in [-0.3, -0.25) is 9.89 Å². The van der Waals surface area contributed by atoms with E-state index in [0.29, 0.717) is 5.92 Å². The highest BCUT2D eigenvalue weighted by atomic mass is 127. The van der Waals surface area contributed by atoms with Crippen LogP contribution in [0.4, 0.5) is 4.79 Å². The molecule has 2 saturated heterocycles. The molecule has 9 heteroatoms. The number of rotatable bonds is 6. The Morgan fingerprint density at radius 3 is 2.62 bits per heavy atom. The summed E-state index contributed by atoms with van der Waals surface area (Å²) in [6, 6.07) is 4.46. The summed E-state index contributed by atoms with van der Waals surface area (Å²) in [5, 5.41) is 8.60. The summed E-state index contributed by atoms with van der Waals surface area (Å²) in [6.45, 7) is 14.5. The van der Waals surface area contributed by atoms with Crippen molar-refractivity contribution >= 4 is 47.4 Å². The van der Waals surface area contributed by atoms with Crippen molar-refractivity contribution in [3.8, 4) is 0 Å². The van der Waals surface area contributed by atoms with Gasteiger partial charge in [0.25, 0.3) is 0 Å². The number of piperidine rings is 1. The molecule has 32 heavy (non-hydrogen) atoms. The van der Waals surface area contributed by atoms with Crippen LogP contribution in [0.1, 0.15) is 51.8 Å². The van der Waals surface area contributed by atoms with Crippen LogP contribution >= 0.6 is 35.3 Å². The third kappa shape index (κ3) is 9.05. The first-order valence-electron chi connectivity index (χ1n) is 11.6. The predicted octanol–water partition coefficient (Wildman–Crippen LogP) is 4.14. The Bertz CT molecular complexity index is 714. The van der Waals surface area contributed by atoms with E-state index in [1.165, 1.54) is 17.7 Å². The van der Waals surface area contributed by atoms with Crippen molar-refractivity contribution in [1.29, 1.82) is 0 Å². The number of hydrogen-bond acceptors (Lipinski definition) is 5. The number of nitrogens with one attached hydrogen (secondary N) is 2. The van der Waals surface area contributed by atoms with Crippen molar-refractivity contribution in [2.24, 2.45) is 10.9 Å². The summed E-state index contributed by atoms with van der Waals surface area (Å²) < 4.78 is 5.39. The van der Waals surface area contributed by atoms with E-state index in [0.717, 1.165) is 58.2 Å². The molecular weight excluding hydrogens is 537 g/mol. The number of alkyl carbamates (subject to hydrolysis) is 1. The van der Waals surface area contributed by atoms with Gasteiger partial charge in [-0.15, -0.1) is 35.3 Å². The number of thiophene rings is 1. The molecule has 2 fully saturated rings. The SMILES string of the molecule is CCNC(=NCC1CCN(Cc2cccs2)CC1)N1CCC(NC(=O)OC(C)(C)C)C1.I. The van der Waals surface area contributed by atoms with E-state index >= 15 is 0 Å². The van der Waals surface area contributed by atoms with Gasteiger partial charge in [-0.2, -0.15) is 0 Å². The summed E-state index contributed by atoms with van der Waals surface area (Å²) in [5.41, 5.74) is -0.474. The first-order valence-corrected chi connectivity index (χ1v) is 12.5. The number of likely N-dealkylation sites (tertiary alicyclic amines) is 2. The van der Waals surface area contributed by atoms with Gasteiger partial charge in [0, 0.05) is 37.6 Å². The highest BCUT2D eigenvalue weighted by molar-refractivity contribution is 14.0. The van der Waals surface area contributed by atoms with Crippen molar-refractivity contribution in [3.63, 3.8) is 0 Å². The minimum Gasteiger partial charge on any atom is -0.444 e. The van der Waals surface area contributed by atoms with Crippen LogP contribution in [0.5, 0.6) is 0 Å². The van der Waals surface area contributed by atoms with Gasteiger partial charge in [0.05, 0.1) is 6.04 Å². The first-order chi connectivity index (χ1) is 14.8. The zero-order chi connectivity index (χ0) is 22.3. The minimum atomic E-state index is -0.474. The number of guanidine groups is 1. The van der Waals surface area contributed by atoms with E-state index in [4.69, 9.17) is 9.73 Å². The molecule has 1 aromatic heterocycles. The molecule has 2 N–H and O–H groups in total. The fraction of sp³-hybridized carbons (Fsp3) is 0.739. The van der Waals surface area contributed by atoms with Crippen molar-refractivity contribution in [1.82, 2.24) is 20.4 Å². The monoisotopic (exact) mass is 577 g/mol. The second-order valence-corrected chi connectivity index (χ2v) is 10.6. The van der Waals surface area contributed by atoms with Crippen LogP contribution in [0.25, 0.3) is 0 Å². The lowest BCUT2D eigenvalue weighted by atomic mass is 9.97. The fourth-order valence-electron chi connectivity index (χ4n) is 4.14. The number of nitrogens with zero attached hydrogens (tertiary/aromatic N) is 3. The molecule has 0 spiro atoms. The fourth-order valence-corrected chi connectivity index (χ4v) is 4.88. The molecule has 2 aliphatic rings. The van der Waals surface area contributed by atoms with Crippen LogP contribution in [-0.4, -0.2) is 72.8 Å². The molecule has 0 saturated carbocycles. The smallest absolute Gasteiger partial charge is 0.407 e. The third-order valence-corrected chi connectivity index (χ3v) is 6.57. The Kier molecular flexibility index (Phi) is 11.0. The lowest BCUT2D eigenvalue weighted by molar-refractivity contribution is 0.0507. The van der Waals surface area contributed by atoms with Gasteiger partial charge in [0.1, 0.15) is 5.60 Å². The summed E-state index contributed by atoms with van der Waals surface area (Å²) in [7, 11) is 0. The average Bonchev–Trinajstić information content (AvgIpc) is 3.37. The van der Waals surface area contributed by atoms with Crippen molar-refractivity contribution in [3.05, 3.63) is 22.4 Å². The predicted molar refractivity (Wildman–Crippen MR) is 143 cm³/mol. The quantitative estimate of drug-likeness (QED) is 0.302. The van der Waals surface area contributed by atoms with Crippen LogP contribution in [0.15, 0.2) is 22.5 Å². The zero-order valence-corrected chi connectivity index (χ0v) is 23.1. The van der Waals surface area contributed by atoms with Crippen LogP contribution in [-0.2, 0) is 11.3 Å². The van der Waals surface area contributed by atoms with Gasteiger partial charge >= 0.3 is 6.09 Å². The normalized spacial score (nSPS) is 20.7. The molecule has 2 aliphatic heterocycles. The van der Waals surface area contributed by atoms with Crippen molar-refractivity contribution < 1.29 is 9.53 Å². The lowest BCUT2D eigenvalue weighted by Crippen LogP contribution is -2.44. The Morgan fingerprint density at radius 1 is 1.25 bits per heavy atom. The number of carbonyl (C=O) groups excluding carboxylic acids is 1. The Hall–Kier alpha value is -1.07. The van der Waals surface area contributed by atoms with Crippen molar-refractivity contribution in [2.75, 3.05) is 39.3 Å². The average molecular weight is 578 g/mol. The third-order valence-electron chi connectivity index (χ3n) is 5.71. The molecule has 0 radical (unpaired) electrons. The number of amides is 1. The van der Waals surface area contributed by atoms with Gasteiger partial charge in [0.15, 0.2) is 5.96 Å². The molecule has 0 aliphatic carbocycles. The maximum absolute atomic E-state index is 12.1. The Balaban J connectivity index is 0.00000363. The maximum Gasteiger partial charge on any atom is 0.407 e. The van der Waals surface area contributed by atoms with E-state index in [9.17, 15) is 4.79 Å². The molecule has 0 bridgehead atoms. The highest BCUT2D eigenvalue weighted by Crippen LogP contribution is 2.21. The molecule has 1 aromatic rings. The van der Waals surface area contributed by atoms with Gasteiger partial charge < -0.3 is 20.3 Å². The van der Waals surface area contributed by atoms with Crippen LogP contribution < -0.4 is 10.6 Å². The highest BCUT2D eigenvalue weighted by Gasteiger charge is 2.28. The minimum absolute atomic E-state index is 0. The Morgan fingerprint density at radius 2 is 2.00 bits per heavy atom. The Labute approximate surface area is 214 Å². The molecule has 1 atom stereocenters. The topological polar surface area (TPSA) is 69.2 Å². The van der Waals surface area contributed by atoms with E-state index in [1.807, 2.05) is 32.1 Å². The standard InChI is InChI=1S/C23H39N5O2S.HI/c1-5-24-21(28-13-10-19(16-28)26-22(29)30-23(2,3)4)25-15-18-8-11-27(12-9-18)17-20-7-6-14-31-20;/h6-7,14,18-19H,5,8-13,15-17H2,1-4H3,(H,24,25)(H,26,29);1H. The van der Waals surface area contributed by atoms with Crippen LogP contribution in [0, 0.1) is 5.92 Å². The molecule has 0 aromatic carbocycles. The van der Waals surface area contributed by atoms with E-state index in [-0.39, 0.29) is 36.1 Å². The molecule has 1 amide bonds. The van der Waals surface area contributed by atoms with Crippen LogP contribution in [0.3, 0.4) is 0 Å². The summed E-state index contributed by atoms with van der Waals surface area (Å²) in [4.78, 5) is 23.3. The number of carbonyl (C=O) groups is 1. The van der Waals surface area contributed by atoms with E-state index < -0.39 is 5.60 Å². The molecule has 3 rings (SSSR count). The summed E-state index contributed by atoms with van der Waals surface area (Å²) in [5.74, 6) is 1.61. The first kappa shape index (κ1) is 27.2. The second-order valence-electron chi connectivity index (χ2n) is 9.57. The van der Waals surface area contributed by atoms with Crippen molar-refractivity contribution in [2.45, 2.75) is 65.1 Å². The molecule has 1 unspecified atom stereocenters. The number of halogens is 1. The van der Waals surface area contributed by atoms with E-state index in [1.54, 1.807) is 0 Å². The number of aliphatic imine (C=N–C) groups is 1. The van der Waals surface area contributed by atoms with Gasteiger partial charge in [0.2, 0.25) is 0 Å². The number of ether oxygens (including phenoxy) is 1. The van der Waals surface area contributed by atoms with Crippen LogP contribution in [0.2, 0.25) is 0 Å². The van der Waals surface area contributed by atoms with Gasteiger partial charge in [-0.05, 0) is 77.4 Å². The van der Waals surface area contributed by atoms with E-state index in [2.05, 4.69) is 44.9 Å². The summed E-state index contributed by atoms with van der Waals surface area (Å²) >= 11 is 1.85. The lowest BCUT2D eigenvalue weighted by Gasteiger charge is -2.31. The number of hydrogen-bond donors (Lipinski definition) is 2. The molecule has 3 heterocycles. The van der Waals surface area contributed by atoms with Gasteiger partial charge in [-0.25, -0.2) is 4.79 Å². The van der Waals surface area contributed by atoms with Gasteiger partial charge in [-0.1, -0.05) is 6.07 Å². The molecule has 182 valence electrons. The maximum atomic E-state index is 12.1. The second kappa shape index (κ2) is 13.0. The molecule has 7 nitrogen and oxygen atoms in total. The summed E-state index contributed by atoms with van der Waals surface area (Å²) in [6.07, 6.45) is 2.98. The largest absolute Gasteiger partial charge is 0.444 e. The molecular formula is C23H40IN5O2S. The zero-order valence-electron chi connectivity index (χ0n) is 19.9.